The van der Waals surface area contributed by atoms with Crippen LogP contribution in [0.25, 0.3) is 11.1 Å². The van der Waals surface area contributed by atoms with Crippen molar-refractivity contribution in [1.82, 2.24) is 9.88 Å². The monoisotopic (exact) mass is 447 g/mol. The van der Waals surface area contributed by atoms with Gasteiger partial charge in [0.05, 0.1) is 16.5 Å². The minimum atomic E-state index is -0.593. The largest absolute Gasteiger partial charge is 0.419 e. The smallest absolute Gasteiger partial charge is 0.407 e. The van der Waals surface area contributed by atoms with Crippen molar-refractivity contribution in [3.8, 4) is 0 Å². The third-order valence-corrected chi connectivity index (χ3v) is 5.10. The second-order valence-electron chi connectivity index (χ2n) is 6.22. The normalized spacial score (nSPS) is 10.9. The molecular weight excluding hydrogens is 430 g/mol. The first-order valence-electron chi connectivity index (χ1n) is 8.73. The molecule has 1 aromatic heterocycles. The Balaban J connectivity index is 1.51. The molecule has 146 valence electrons. The van der Waals surface area contributed by atoms with Crippen molar-refractivity contribution >= 4 is 38.6 Å². The number of carbonyl (C=O) groups is 1. The lowest BCUT2D eigenvalue weighted by Crippen LogP contribution is -2.26. The minimum absolute atomic E-state index is 0.0939. The van der Waals surface area contributed by atoms with E-state index in [9.17, 15) is 19.7 Å². The molecule has 0 saturated heterocycles. The number of benzene rings is 2. The van der Waals surface area contributed by atoms with E-state index in [1.807, 2.05) is 24.3 Å². The van der Waals surface area contributed by atoms with Crippen LogP contribution in [-0.2, 0) is 17.8 Å². The fraction of sp³-hybridized carbons (Fsp3) is 0.263. The first-order chi connectivity index (χ1) is 13.5. The summed E-state index contributed by atoms with van der Waals surface area (Å²) in [6.07, 6.45) is 1.44. The summed E-state index contributed by atoms with van der Waals surface area (Å²) >= 11 is 3.48. The zero-order valence-corrected chi connectivity index (χ0v) is 16.5. The van der Waals surface area contributed by atoms with E-state index in [2.05, 4.69) is 21.2 Å². The lowest BCUT2D eigenvalue weighted by molar-refractivity contribution is -0.384. The molecular formula is C19H18BrN3O5. The number of nitro groups is 1. The summed E-state index contributed by atoms with van der Waals surface area (Å²) in [5.41, 5.74) is 1.62. The van der Waals surface area contributed by atoms with E-state index in [0.29, 0.717) is 25.0 Å². The molecule has 2 aromatic carbocycles. The number of nitrogens with one attached hydrogen (secondary N) is 1. The maximum absolute atomic E-state index is 12.0. The minimum Gasteiger partial charge on any atom is -0.407 e. The van der Waals surface area contributed by atoms with Crippen molar-refractivity contribution in [2.75, 3.05) is 6.54 Å². The molecule has 0 aliphatic rings. The summed E-state index contributed by atoms with van der Waals surface area (Å²) in [4.78, 5) is 34.2. The van der Waals surface area contributed by atoms with E-state index in [-0.39, 0.29) is 23.6 Å². The van der Waals surface area contributed by atoms with Gasteiger partial charge in [0.15, 0.2) is 5.58 Å². The second kappa shape index (κ2) is 8.83. The van der Waals surface area contributed by atoms with E-state index >= 15 is 0 Å². The second-order valence-corrected chi connectivity index (χ2v) is 7.08. The number of non-ortho nitro benzene ring substituents is 1. The predicted molar refractivity (Wildman–Crippen MR) is 107 cm³/mol. The van der Waals surface area contributed by atoms with E-state index in [1.54, 1.807) is 0 Å². The molecule has 0 radical (unpaired) electrons. The molecule has 0 bridgehead atoms. The molecule has 0 aliphatic carbocycles. The van der Waals surface area contributed by atoms with Gasteiger partial charge in [-0.05, 0) is 30.5 Å². The average Bonchev–Trinajstić information content (AvgIpc) is 2.98. The topological polar surface area (TPSA) is 107 Å². The first kappa shape index (κ1) is 19.8. The SMILES string of the molecule is O=C(CCCn1c(=O)oc2cc([N+](=O)[O-])ccc21)NCCc1ccccc1Br. The van der Waals surface area contributed by atoms with E-state index in [0.717, 1.165) is 16.5 Å². The van der Waals surface area contributed by atoms with Crippen LogP contribution < -0.4 is 11.1 Å². The number of halogens is 1. The maximum atomic E-state index is 12.0. The summed E-state index contributed by atoms with van der Waals surface area (Å²) < 4.78 is 7.46. The lowest BCUT2D eigenvalue weighted by atomic mass is 10.1. The van der Waals surface area contributed by atoms with Crippen molar-refractivity contribution < 1.29 is 14.1 Å². The standard InChI is InChI=1S/C19H18BrN3O5/c20-15-5-2-1-4-13(15)9-10-21-18(24)6-3-11-22-16-8-7-14(23(26)27)12-17(16)28-19(22)25/h1-2,4-5,7-8,12H,3,6,9-11H2,(H,21,24). The number of nitrogens with zero attached hydrogens (tertiary/aromatic N) is 2. The van der Waals surface area contributed by atoms with Crippen molar-refractivity contribution in [2.45, 2.75) is 25.8 Å². The average molecular weight is 448 g/mol. The lowest BCUT2D eigenvalue weighted by Gasteiger charge is -2.07. The molecule has 0 unspecified atom stereocenters. The van der Waals surface area contributed by atoms with Crippen LogP contribution in [0.1, 0.15) is 18.4 Å². The molecule has 1 heterocycles. The number of hydrogen-bond acceptors (Lipinski definition) is 5. The van der Waals surface area contributed by atoms with Crippen molar-refractivity contribution in [1.29, 1.82) is 0 Å². The first-order valence-corrected chi connectivity index (χ1v) is 9.53. The third-order valence-electron chi connectivity index (χ3n) is 4.32. The number of fused-ring (bicyclic) bond motifs is 1. The highest BCUT2D eigenvalue weighted by atomic mass is 79.9. The number of aryl methyl sites for hydroxylation is 1. The van der Waals surface area contributed by atoms with Crippen molar-refractivity contribution in [3.05, 3.63) is 73.2 Å². The number of aromatic nitrogens is 1. The molecule has 0 atom stereocenters. The van der Waals surface area contributed by atoms with Gasteiger partial charge in [0.2, 0.25) is 5.91 Å². The summed E-state index contributed by atoms with van der Waals surface area (Å²) in [6.45, 7) is 0.820. The van der Waals surface area contributed by atoms with Gasteiger partial charge in [-0.1, -0.05) is 34.1 Å². The Morgan fingerprint density at radius 3 is 2.79 bits per heavy atom. The molecule has 0 spiro atoms. The zero-order chi connectivity index (χ0) is 20.1. The van der Waals surface area contributed by atoms with E-state index in [4.69, 9.17) is 4.42 Å². The highest BCUT2D eigenvalue weighted by Gasteiger charge is 2.14. The van der Waals surface area contributed by atoms with Gasteiger partial charge >= 0.3 is 5.76 Å². The van der Waals surface area contributed by atoms with Gasteiger partial charge in [0, 0.05) is 30.0 Å². The number of oxazole rings is 1. The molecule has 0 fully saturated rings. The number of amides is 1. The van der Waals surface area contributed by atoms with Crippen LogP contribution in [-0.4, -0.2) is 21.9 Å². The Hall–Kier alpha value is -2.94. The Bertz CT molecular complexity index is 1070. The Morgan fingerprint density at radius 2 is 2.04 bits per heavy atom. The molecule has 1 N–H and O–H groups in total. The van der Waals surface area contributed by atoms with E-state index < -0.39 is 10.7 Å². The van der Waals surface area contributed by atoms with Gasteiger partial charge in [0.25, 0.3) is 5.69 Å². The van der Waals surface area contributed by atoms with Gasteiger partial charge in [-0.3, -0.25) is 19.5 Å². The van der Waals surface area contributed by atoms with Crippen LogP contribution >= 0.6 is 15.9 Å². The van der Waals surface area contributed by atoms with Gasteiger partial charge < -0.3 is 9.73 Å². The van der Waals surface area contributed by atoms with Gasteiger partial charge in [-0.15, -0.1) is 0 Å². The van der Waals surface area contributed by atoms with Crippen LogP contribution in [0.2, 0.25) is 0 Å². The summed E-state index contributed by atoms with van der Waals surface area (Å²) in [7, 11) is 0. The summed E-state index contributed by atoms with van der Waals surface area (Å²) in [5.74, 6) is -0.687. The zero-order valence-electron chi connectivity index (χ0n) is 14.9. The Kier molecular flexibility index (Phi) is 6.25. The highest BCUT2D eigenvalue weighted by molar-refractivity contribution is 9.10. The number of rotatable bonds is 8. The number of hydrogen-bond donors (Lipinski definition) is 1. The van der Waals surface area contributed by atoms with Gasteiger partial charge in [-0.25, -0.2) is 4.79 Å². The molecule has 8 nitrogen and oxygen atoms in total. The fourth-order valence-corrected chi connectivity index (χ4v) is 3.39. The molecule has 3 rings (SSSR count). The molecule has 0 saturated carbocycles. The molecule has 3 aromatic rings. The summed E-state index contributed by atoms with van der Waals surface area (Å²) in [6, 6.07) is 11.9. The van der Waals surface area contributed by atoms with Crippen molar-refractivity contribution in [2.24, 2.45) is 0 Å². The van der Waals surface area contributed by atoms with Crippen LogP contribution in [0.4, 0.5) is 5.69 Å². The fourth-order valence-electron chi connectivity index (χ4n) is 2.90. The molecule has 1 amide bonds. The molecule has 9 heteroatoms. The number of nitro benzene ring substituents is 1. The third kappa shape index (κ3) is 4.66. The maximum Gasteiger partial charge on any atom is 0.419 e. The van der Waals surface area contributed by atoms with Crippen LogP contribution in [0.3, 0.4) is 0 Å². The predicted octanol–water partition coefficient (Wildman–Crippen LogP) is 3.40. The van der Waals surface area contributed by atoms with Crippen LogP contribution in [0, 0.1) is 10.1 Å². The van der Waals surface area contributed by atoms with Gasteiger partial charge in [0.1, 0.15) is 0 Å². The number of carbonyl (C=O) groups excluding carboxylic acids is 1. The Labute approximate surface area is 168 Å². The quantitative estimate of drug-likeness (QED) is 0.420. The highest BCUT2D eigenvalue weighted by Crippen LogP contribution is 2.20. The van der Waals surface area contributed by atoms with Crippen LogP contribution in [0.15, 0.2) is 56.1 Å². The molecule has 0 aliphatic heterocycles. The Morgan fingerprint density at radius 1 is 1.25 bits per heavy atom. The molecule has 28 heavy (non-hydrogen) atoms. The van der Waals surface area contributed by atoms with Gasteiger partial charge in [-0.2, -0.15) is 0 Å². The van der Waals surface area contributed by atoms with E-state index in [1.165, 1.54) is 22.8 Å². The van der Waals surface area contributed by atoms with Crippen molar-refractivity contribution in [3.63, 3.8) is 0 Å². The van der Waals surface area contributed by atoms with Crippen LogP contribution in [0.5, 0.6) is 0 Å². The summed E-state index contributed by atoms with van der Waals surface area (Å²) in [5, 5.41) is 13.7.